The molecule has 0 amide bonds. The minimum absolute atomic E-state index is 0.0317. The third kappa shape index (κ3) is 4.07. The van der Waals surface area contributed by atoms with E-state index in [9.17, 15) is 4.39 Å². The lowest BCUT2D eigenvalue weighted by molar-refractivity contribution is 0.360. The van der Waals surface area contributed by atoms with Gasteiger partial charge in [0, 0.05) is 24.5 Å². The molecule has 0 aliphatic carbocycles. The lowest BCUT2D eigenvalue weighted by atomic mass is 9.84. The summed E-state index contributed by atoms with van der Waals surface area (Å²) in [7, 11) is 0. The highest BCUT2D eigenvalue weighted by molar-refractivity contribution is 5.24. The van der Waals surface area contributed by atoms with E-state index in [-0.39, 0.29) is 11.2 Å². The molecule has 0 spiro atoms. The molecular formula is C15H25FN2. The smallest absolute Gasteiger partial charge is 0.123 e. The van der Waals surface area contributed by atoms with Crippen molar-refractivity contribution in [3.63, 3.8) is 0 Å². The molecule has 1 atom stereocenters. The van der Waals surface area contributed by atoms with Crippen LogP contribution in [0.25, 0.3) is 0 Å². The summed E-state index contributed by atoms with van der Waals surface area (Å²) in [6.07, 6.45) is 0. The fraction of sp³-hybridized carbons (Fsp3) is 0.600. The Hall–Kier alpha value is -0.930. The van der Waals surface area contributed by atoms with Crippen molar-refractivity contribution in [2.45, 2.75) is 39.2 Å². The van der Waals surface area contributed by atoms with Crippen LogP contribution in [-0.2, 0) is 5.41 Å². The fourth-order valence-corrected chi connectivity index (χ4v) is 1.98. The molecule has 0 heterocycles. The van der Waals surface area contributed by atoms with E-state index in [0.717, 1.165) is 12.1 Å². The van der Waals surface area contributed by atoms with Crippen molar-refractivity contribution in [1.29, 1.82) is 0 Å². The molecule has 0 fully saturated rings. The minimum Gasteiger partial charge on any atom is -0.329 e. The molecule has 1 unspecified atom stereocenters. The lowest BCUT2D eigenvalue weighted by Crippen LogP contribution is -2.45. The number of nitrogens with one attached hydrogen (secondary N) is 1. The van der Waals surface area contributed by atoms with E-state index >= 15 is 0 Å². The highest BCUT2D eigenvalue weighted by Crippen LogP contribution is 2.22. The average molecular weight is 252 g/mol. The van der Waals surface area contributed by atoms with Gasteiger partial charge in [-0.3, -0.25) is 0 Å². The number of nitrogens with two attached hydrogens (primary N) is 1. The van der Waals surface area contributed by atoms with Crippen molar-refractivity contribution in [3.8, 4) is 0 Å². The van der Waals surface area contributed by atoms with Gasteiger partial charge < -0.3 is 11.1 Å². The number of halogens is 1. The molecule has 1 aromatic rings. The van der Waals surface area contributed by atoms with Crippen LogP contribution in [0.4, 0.5) is 4.39 Å². The lowest BCUT2D eigenvalue weighted by Gasteiger charge is -2.30. The SMILES string of the molecule is CC(C)C(CN)NCC(C)(C)c1ccc(F)cc1. The zero-order valence-electron chi connectivity index (χ0n) is 11.8. The van der Waals surface area contributed by atoms with Gasteiger partial charge in [0.1, 0.15) is 5.82 Å². The number of rotatable bonds is 6. The van der Waals surface area contributed by atoms with E-state index in [2.05, 4.69) is 33.0 Å². The van der Waals surface area contributed by atoms with E-state index in [1.54, 1.807) is 0 Å². The second kappa shape index (κ2) is 6.30. The average Bonchev–Trinajstić information content (AvgIpc) is 2.29. The summed E-state index contributed by atoms with van der Waals surface area (Å²) in [5.74, 6) is 0.323. The van der Waals surface area contributed by atoms with Crippen LogP contribution in [0, 0.1) is 11.7 Å². The van der Waals surface area contributed by atoms with Crippen LogP contribution >= 0.6 is 0 Å². The van der Waals surface area contributed by atoms with Crippen LogP contribution in [0.1, 0.15) is 33.3 Å². The van der Waals surface area contributed by atoms with E-state index < -0.39 is 0 Å². The van der Waals surface area contributed by atoms with E-state index in [0.29, 0.717) is 18.5 Å². The molecule has 0 radical (unpaired) electrons. The first-order chi connectivity index (χ1) is 8.36. The molecule has 3 heteroatoms. The van der Waals surface area contributed by atoms with Gasteiger partial charge in [0.2, 0.25) is 0 Å². The third-order valence-electron chi connectivity index (χ3n) is 3.49. The van der Waals surface area contributed by atoms with Gasteiger partial charge in [-0.2, -0.15) is 0 Å². The maximum Gasteiger partial charge on any atom is 0.123 e. The summed E-state index contributed by atoms with van der Waals surface area (Å²) in [5.41, 5.74) is 6.85. The highest BCUT2D eigenvalue weighted by atomic mass is 19.1. The van der Waals surface area contributed by atoms with Gasteiger partial charge in [-0.05, 0) is 23.6 Å². The Morgan fingerprint density at radius 2 is 1.78 bits per heavy atom. The molecule has 2 nitrogen and oxygen atoms in total. The summed E-state index contributed by atoms with van der Waals surface area (Å²) >= 11 is 0. The quantitative estimate of drug-likeness (QED) is 0.817. The highest BCUT2D eigenvalue weighted by Gasteiger charge is 2.22. The van der Waals surface area contributed by atoms with Crippen molar-refractivity contribution in [2.75, 3.05) is 13.1 Å². The van der Waals surface area contributed by atoms with Gasteiger partial charge in [0.25, 0.3) is 0 Å². The van der Waals surface area contributed by atoms with Crippen LogP contribution in [0.5, 0.6) is 0 Å². The maximum absolute atomic E-state index is 12.9. The summed E-state index contributed by atoms with van der Waals surface area (Å²) in [6, 6.07) is 7.05. The first kappa shape index (κ1) is 15.1. The molecule has 0 saturated carbocycles. The Balaban J connectivity index is 2.66. The fourth-order valence-electron chi connectivity index (χ4n) is 1.98. The monoisotopic (exact) mass is 252 g/mol. The summed E-state index contributed by atoms with van der Waals surface area (Å²) in [6.45, 7) is 10.1. The van der Waals surface area contributed by atoms with Crippen molar-refractivity contribution in [1.82, 2.24) is 5.32 Å². The molecule has 1 rings (SSSR count). The molecule has 0 aliphatic heterocycles. The van der Waals surface area contributed by atoms with Gasteiger partial charge in [-0.25, -0.2) is 4.39 Å². The molecular weight excluding hydrogens is 227 g/mol. The topological polar surface area (TPSA) is 38.0 Å². The Labute approximate surface area is 110 Å². The maximum atomic E-state index is 12.9. The second-order valence-corrected chi connectivity index (χ2v) is 5.86. The first-order valence-corrected chi connectivity index (χ1v) is 6.56. The van der Waals surface area contributed by atoms with Crippen LogP contribution < -0.4 is 11.1 Å². The van der Waals surface area contributed by atoms with Crippen molar-refractivity contribution in [2.24, 2.45) is 11.7 Å². The standard InChI is InChI=1S/C15H25FN2/c1-11(2)14(9-17)18-10-15(3,4)12-5-7-13(16)8-6-12/h5-8,11,14,18H,9-10,17H2,1-4H3. The predicted octanol–water partition coefficient (Wildman–Crippen LogP) is 2.68. The predicted molar refractivity (Wildman–Crippen MR) is 75.1 cm³/mol. The van der Waals surface area contributed by atoms with E-state index in [1.807, 2.05) is 12.1 Å². The van der Waals surface area contributed by atoms with Gasteiger partial charge in [0.05, 0.1) is 0 Å². The van der Waals surface area contributed by atoms with Crippen molar-refractivity contribution < 1.29 is 4.39 Å². The van der Waals surface area contributed by atoms with Crippen molar-refractivity contribution >= 4 is 0 Å². The molecule has 0 aromatic heterocycles. The molecule has 0 aliphatic rings. The van der Waals surface area contributed by atoms with E-state index in [1.165, 1.54) is 12.1 Å². The van der Waals surface area contributed by atoms with Crippen molar-refractivity contribution in [3.05, 3.63) is 35.6 Å². The van der Waals surface area contributed by atoms with Crippen LogP contribution in [0.15, 0.2) is 24.3 Å². The zero-order valence-corrected chi connectivity index (χ0v) is 11.8. The number of hydrogen-bond donors (Lipinski definition) is 2. The molecule has 0 bridgehead atoms. The molecule has 1 aromatic carbocycles. The molecule has 3 N–H and O–H groups in total. The summed E-state index contributed by atoms with van der Waals surface area (Å²) in [4.78, 5) is 0. The molecule has 0 saturated heterocycles. The minimum atomic E-state index is -0.190. The molecule has 102 valence electrons. The van der Waals surface area contributed by atoms with E-state index in [4.69, 9.17) is 5.73 Å². The van der Waals surface area contributed by atoms with Crippen LogP contribution in [0.3, 0.4) is 0 Å². The second-order valence-electron chi connectivity index (χ2n) is 5.86. The Kier molecular flexibility index (Phi) is 5.29. The molecule has 18 heavy (non-hydrogen) atoms. The largest absolute Gasteiger partial charge is 0.329 e. The number of hydrogen-bond acceptors (Lipinski definition) is 2. The van der Waals surface area contributed by atoms with Gasteiger partial charge in [-0.1, -0.05) is 39.8 Å². The van der Waals surface area contributed by atoms with Crippen LogP contribution in [-0.4, -0.2) is 19.1 Å². The number of benzene rings is 1. The summed E-state index contributed by atoms with van der Waals surface area (Å²) in [5, 5.41) is 3.50. The zero-order chi connectivity index (χ0) is 13.8. The van der Waals surface area contributed by atoms with Gasteiger partial charge >= 0.3 is 0 Å². The first-order valence-electron chi connectivity index (χ1n) is 6.56. The normalized spacial score (nSPS) is 13.9. The Morgan fingerprint density at radius 1 is 1.22 bits per heavy atom. The van der Waals surface area contributed by atoms with Crippen LogP contribution in [0.2, 0.25) is 0 Å². The van der Waals surface area contributed by atoms with Gasteiger partial charge in [0.15, 0.2) is 0 Å². The summed E-state index contributed by atoms with van der Waals surface area (Å²) < 4.78 is 12.9. The van der Waals surface area contributed by atoms with Gasteiger partial charge in [-0.15, -0.1) is 0 Å². The third-order valence-corrected chi connectivity index (χ3v) is 3.49. The Bertz CT molecular complexity index is 357. The Morgan fingerprint density at radius 3 is 2.22 bits per heavy atom.